The summed E-state index contributed by atoms with van der Waals surface area (Å²) in [6.07, 6.45) is -0.00858. The fraction of sp³-hybridized carbons (Fsp3) is 0.714. The number of hydrogen-bond acceptors (Lipinski definition) is 4. The molecule has 2 amide bonds. The molecule has 0 atom stereocenters. The molecule has 0 radical (unpaired) electrons. The van der Waals surface area contributed by atoms with Crippen molar-refractivity contribution < 1.29 is 19.8 Å². The molecule has 1 heterocycles. The Kier molecular flexibility index (Phi) is 4.87. The van der Waals surface area contributed by atoms with Crippen LogP contribution in [0.2, 0.25) is 0 Å². The van der Waals surface area contributed by atoms with Gasteiger partial charge in [0.1, 0.15) is 0 Å². The summed E-state index contributed by atoms with van der Waals surface area (Å²) >= 11 is 0. The first-order valence-corrected chi connectivity index (χ1v) is 6.54. The Bertz CT molecular complexity index is 410. The molecule has 0 saturated carbocycles. The summed E-state index contributed by atoms with van der Waals surface area (Å²) in [5.74, 6) is -0.397. The predicted molar refractivity (Wildman–Crippen MR) is 71.0 cm³/mol. The molecule has 108 valence electrons. The number of amides is 2. The molecule has 1 aliphatic heterocycles. The minimum Gasteiger partial charge on any atom is -0.368 e. The first kappa shape index (κ1) is 15.9. The van der Waals surface area contributed by atoms with E-state index in [-0.39, 0.29) is 11.8 Å². The second-order valence-electron chi connectivity index (χ2n) is 5.90. The molecule has 0 fully saturated rings. The number of aliphatic hydroxyl groups excluding tert-OH is 1. The van der Waals surface area contributed by atoms with Crippen molar-refractivity contribution in [3.8, 4) is 0 Å². The minimum atomic E-state index is -1.40. The lowest BCUT2D eigenvalue weighted by Crippen LogP contribution is -2.42. The summed E-state index contributed by atoms with van der Waals surface area (Å²) in [5.41, 5.74) is 0.835. The summed E-state index contributed by atoms with van der Waals surface area (Å²) in [6, 6.07) is 0. The summed E-state index contributed by atoms with van der Waals surface area (Å²) in [4.78, 5) is 25.1. The summed E-state index contributed by atoms with van der Waals surface area (Å²) in [7, 11) is 0. The highest BCUT2D eigenvalue weighted by atomic mass is 16.5. The fourth-order valence-corrected chi connectivity index (χ4v) is 2.00. The summed E-state index contributed by atoms with van der Waals surface area (Å²) in [5, 5.41) is 18.4. The molecular weight excluding hydrogens is 246 g/mol. The van der Waals surface area contributed by atoms with Gasteiger partial charge in [-0.3, -0.25) is 14.5 Å². The number of hydrogen-bond donors (Lipinski definition) is 2. The highest BCUT2D eigenvalue weighted by molar-refractivity contribution is 6.08. The van der Waals surface area contributed by atoms with Crippen molar-refractivity contribution in [1.82, 2.24) is 4.90 Å². The SMILES string of the molecule is CC1=C(C)C(=O)N(CCCC(C)(C)C(O)O)C(=O)C1. The van der Waals surface area contributed by atoms with E-state index in [0.717, 1.165) is 5.57 Å². The van der Waals surface area contributed by atoms with Crippen LogP contribution < -0.4 is 0 Å². The average molecular weight is 269 g/mol. The van der Waals surface area contributed by atoms with Crippen molar-refractivity contribution in [3.05, 3.63) is 11.1 Å². The third kappa shape index (κ3) is 3.64. The maximum Gasteiger partial charge on any atom is 0.256 e. The van der Waals surface area contributed by atoms with Crippen molar-refractivity contribution in [2.75, 3.05) is 6.54 Å². The molecule has 0 saturated heterocycles. The van der Waals surface area contributed by atoms with E-state index in [1.54, 1.807) is 27.7 Å². The molecule has 0 spiro atoms. The lowest BCUT2D eigenvalue weighted by Gasteiger charge is -2.30. The van der Waals surface area contributed by atoms with Gasteiger partial charge < -0.3 is 10.2 Å². The number of aliphatic hydroxyl groups is 2. The molecule has 0 aliphatic carbocycles. The molecule has 5 nitrogen and oxygen atoms in total. The zero-order chi connectivity index (χ0) is 14.8. The van der Waals surface area contributed by atoms with Crippen LogP contribution in [0.3, 0.4) is 0 Å². The van der Waals surface area contributed by atoms with Crippen molar-refractivity contribution in [1.29, 1.82) is 0 Å². The van der Waals surface area contributed by atoms with Gasteiger partial charge in [-0.2, -0.15) is 0 Å². The van der Waals surface area contributed by atoms with Gasteiger partial charge in [0.2, 0.25) is 5.91 Å². The van der Waals surface area contributed by atoms with Crippen LogP contribution in [0.25, 0.3) is 0 Å². The van der Waals surface area contributed by atoms with Gasteiger partial charge in [0.15, 0.2) is 6.29 Å². The first-order valence-electron chi connectivity index (χ1n) is 6.54. The van der Waals surface area contributed by atoms with Crippen molar-refractivity contribution in [3.63, 3.8) is 0 Å². The Hall–Kier alpha value is -1.20. The van der Waals surface area contributed by atoms with Crippen LogP contribution in [0.5, 0.6) is 0 Å². The van der Waals surface area contributed by atoms with Crippen LogP contribution in [0.4, 0.5) is 0 Å². The van der Waals surface area contributed by atoms with Crippen LogP contribution >= 0.6 is 0 Å². The van der Waals surface area contributed by atoms with Crippen LogP contribution in [0.1, 0.15) is 47.0 Å². The molecule has 19 heavy (non-hydrogen) atoms. The van der Waals surface area contributed by atoms with Crippen LogP contribution in [0, 0.1) is 5.41 Å². The Morgan fingerprint density at radius 3 is 2.37 bits per heavy atom. The highest BCUT2D eigenvalue weighted by Gasteiger charge is 2.30. The lowest BCUT2D eigenvalue weighted by atomic mass is 9.87. The number of carbonyl (C=O) groups is 2. The third-order valence-electron chi connectivity index (χ3n) is 3.83. The number of carbonyl (C=O) groups excluding carboxylic acids is 2. The van der Waals surface area contributed by atoms with Gasteiger partial charge in [0, 0.05) is 24.0 Å². The van der Waals surface area contributed by atoms with E-state index in [0.29, 0.717) is 31.4 Å². The smallest absolute Gasteiger partial charge is 0.256 e. The molecule has 1 aliphatic rings. The molecule has 0 unspecified atom stereocenters. The van der Waals surface area contributed by atoms with Gasteiger partial charge in [-0.05, 0) is 26.7 Å². The maximum absolute atomic E-state index is 12.0. The molecule has 5 heteroatoms. The van der Waals surface area contributed by atoms with E-state index in [1.807, 2.05) is 0 Å². The van der Waals surface area contributed by atoms with Gasteiger partial charge in [-0.25, -0.2) is 0 Å². The average Bonchev–Trinajstić information content (AvgIpc) is 2.30. The molecule has 1 rings (SSSR count). The minimum absolute atomic E-state index is 0.171. The monoisotopic (exact) mass is 269 g/mol. The second kappa shape index (κ2) is 5.84. The van der Waals surface area contributed by atoms with E-state index in [2.05, 4.69) is 0 Å². The number of nitrogens with zero attached hydrogens (tertiary/aromatic N) is 1. The van der Waals surface area contributed by atoms with Gasteiger partial charge in [-0.15, -0.1) is 0 Å². The van der Waals surface area contributed by atoms with Gasteiger partial charge in [0.05, 0.1) is 0 Å². The van der Waals surface area contributed by atoms with Gasteiger partial charge >= 0.3 is 0 Å². The van der Waals surface area contributed by atoms with Gasteiger partial charge in [0.25, 0.3) is 5.91 Å². The van der Waals surface area contributed by atoms with E-state index >= 15 is 0 Å². The molecule has 0 aromatic heterocycles. The topological polar surface area (TPSA) is 77.8 Å². The quantitative estimate of drug-likeness (QED) is 0.580. The van der Waals surface area contributed by atoms with Gasteiger partial charge in [-0.1, -0.05) is 19.4 Å². The first-order chi connectivity index (χ1) is 8.66. The van der Waals surface area contributed by atoms with Crippen molar-refractivity contribution in [2.45, 2.75) is 53.2 Å². The van der Waals surface area contributed by atoms with E-state index in [9.17, 15) is 19.8 Å². The maximum atomic E-state index is 12.0. The molecular formula is C14H23NO4. The number of imide groups is 1. The molecule has 0 bridgehead atoms. The zero-order valence-corrected chi connectivity index (χ0v) is 12.1. The van der Waals surface area contributed by atoms with Crippen LogP contribution in [0.15, 0.2) is 11.1 Å². The van der Waals surface area contributed by atoms with E-state index in [1.165, 1.54) is 4.90 Å². The second-order valence-corrected chi connectivity index (χ2v) is 5.90. The zero-order valence-electron chi connectivity index (χ0n) is 12.1. The Labute approximate surface area is 113 Å². The standard InChI is InChI=1S/C14H23NO4/c1-9-8-11(16)15(12(17)10(9)2)7-5-6-14(3,4)13(18)19/h13,18-19H,5-8H2,1-4H3. The largest absolute Gasteiger partial charge is 0.368 e. The predicted octanol–water partition coefficient (Wildman–Crippen LogP) is 1.20. The Morgan fingerprint density at radius 1 is 1.26 bits per heavy atom. The lowest BCUT2D eigenvalue weighted by molar-refractivity contribution is -0.144. The Balaban J connectivity index is 2.60. The van der Waals surface area contributed by atoms with E-state index in [4.69, 9.17) is 0 Å². The number of rotatable bonds is 5. The molecule has 0 aromatic carbocycles. The Morgan fingerprint density at radius 2 is 1.84 bits per heavy atom. The summed E-state index contributed by atoms with van der Waals surface area (Å²) < 4.78 is 0. The van der Waals surface area contributed by atoms with Crippen molar-refractivity contribution >= 4 is 11.8 Å². The molecule has 0 aromatic rings. The highest BCUT2D eigenvalue weighted by Crippen LogP contribution is 2.26. The van der Waals surface area contributed by atoms with E-state index < -0.39 is 11.7 Å². The summed E-state index contributed by atoms with van der Waals surface area (Å²) in [6.45, 7) is 7.35. The van der Waals surface area contributed by atoms with Crippen molar-refractivity contribution in [2.24, 2.45) is 5.41 Å². The normalized spacial score (nSPS) is 17.7. The molecule has 2 N–H and O–H groups in total. The van der Waals surface area contributed by atoms with Crippen LogP contribution in [-0.2, 0) is 9.59 Å². The fourth-order valence-electron chi connectivity index (χ4n) is 2.00. The third-order valence-corrected chi connectivity index (χ3v) is 3.83. The van der Waals surface area contributed by atoms with Crippen LogP contribution in [-0.4, -0.2) is 39.8 Å².